The van der Waals surface area contributed by atoms with Crippen LogP contribution in [0.2, 0.25) is 0 Å². The van der Waals surface area contributed by atoms with E-state index in [0.29, 0.717) is 31.2 Å². The predicted molar refractivity (Wildman–Crippen MR) is 93.5 cm³/mol. The topological polar surface area (TPSA) is 95.9 Å². The quantitative estimate of drug-likeness (QED) is 0.821. The van der Waals surface area contributed by atoms with E-state index >= 15 is 0 Å². The number of hydrogen-bond donors (Lipinski definition) is 1. The lowest BCUT2D eigenvalue weighted by Crippen LogP contribution is -2.48. The van der Waals surface area contributed by atoms with Crippen molar-refractivity contribution < 1.29 is 19.4 Å². The second-order valence-corrected chi connectivity index (χ2v) is 6.10. The highest BCUT2D eigenvalue weighted by molar-refractivity contribution is 5.78. The number of carbonyl (C=O) groups excluding carboxylic acids is 1. The number of benzene rings is 1. The number of hydrogen-bond acceptors (Lipinski definition) is 6. The van der Waals surface area contributed by atoms with Gasteiger partial charge in [-0.2, -0.15) is 0 Å². The van der Waals surface area contributed by atoms with Gasteiger partial charge in [-0.25, -0.2) is 14.8 Å². The van der Waals surface area contributed by atoms with Gasteiger partial charge in [0.05, 0.1) is 6.54 Å². The molecule has 1 aliphatic rings. The molecule has 1 aromatic heterocycles. The first-order chi connectivity index (χ1) is 12.5. The van der Waals surface area contributed by atoms with E-state index < -0.39 is 12.6 Å². The summed E-state index contributed by atoms with van der Waals surface area (Å²) in [4.78, 5) is 35.0. The molecular weight excluding hydrogens is 336 g/mol. The van der Waals surface area contributed by atoms with Gasteiger partial charge in [-0.3, -0.25) is 9.69 Å². The number of carboxylic acids is 1. The number of likely N-dealkylation sites (N-methyl/N-ethyl adjacent to an activating group) is 1. The number of piperazine rings is 1. The highest BCUT2D eigenvalue weighted by Crippen LogP contribution is 2.26. The first kappa shape index (κ1) is 17.8. The van der Waals surface area contributed by atoms with Gasteiger partial charge in [-0.15, -0.1) is 0 Å². The van der Waals surface area contributed by atoms with Crippen LogP contribution in [0, 0.1) is 0 Å². The molecule has 3 rings (SSSR count). The van der Waals surface area contributed by atoms with Crippen molar-refractivity contribution in [3.63, 3.8) is 0 Å². The van der Waals surface area contributed by atoms with Crippen LogP contribution in [0.1, 0.15) is 5.56 Å². The number of carboxylic acid groups (broad SMARTS) is 1. The van der Waals surface area contributed by atoms with E-state index in [-0.39, 0.29) is 5.91 Å². The van der Waals surface area contributed by atoms with E-state index in [1.165, 1.54) is 0 Å². The minimum Gasteiger partial charge on any atom is -0.482 e. The monoisotopic (exact) mass is 356 g/mol. The Morgan fingerprint density at radius 1 is 1.27 bits per heavy atom. The fraction of sp³-hybridized carbons (Fsp3) is 0.333. The maximum absolute atomic E-state index is 11.9. The number of ether oxygens (including phenoxy) is 1. The molecule has 8 nitrogen and oxygen atoms in total. The van der Waals surface area contributed by atoms with Crippen LogP contribution in [-0.4, -0.2) is 70.0 Å². The number of aliphatic carboxylic acids is 1. The van der Waals surface area contributed by atoms with Crippen molar-refractivity contribution in [1.29, 1.82) is 0 Å². The molecule has 1 amide bonds. The van der Waals surface area contributed by atoms with Crippen molar-refractivity contribution in [2.45, 2.75) is 6.54 Å². The van der Waals surface area contributed by atoms with E-state index in [0.717, 1.165) is 17.7 Å². The molecule has 0 aliphatic carbocycles. The summed E-state index contributed by atoms with van der Waals surface area (Å²) in [7, 11) is 1.79. The van der Waals surface area contributed by atoms with Crippen molar-refractivity contribution >= 4 is 11.9 Å². The zero-order chi connectivity index (χ0) is 18.5. The standard InChI is InChI=1S/C18H20N4O4/c1-21-7-8-22(11-16(21)23)10-14-9-13(18-19-5-2-6-20-18)3-4-15(14)26-12-17(24)25/h2-6,9H,7-8,10-12H2,1H3,(H,24,25). The molecule has 8 heteroatoms. The Kier molecular flexibility index (Phi) is 5.43. The highest BCUT2D eigenvalue weighted by Gasteiger charge is 2.22. The van der Waals surface area contributed by atoms with Crippen molar-refractivity contribution in [1.82, 2.24) is 19.8 Å². The van der Waals surface area contributed by atoms with E-state index in [9.17, 15) is 9.59 Å². The number of carbonyl (C=O) groups is 2. The fourth-order valence-electron chi connectivity index (χ4n) is 2.75. The smallest absolute Gasteiger partial charge is 0.341 e. The van der Waals surface area contributed by atoms with Gasteiger partial charge in [0.25, 0.3) is 0 Å². The third-order valence-electron chi connectivity index (χ3n) is 4.17. The molecular formula is C18H20N4O4. The van der Waals surface area contributed by atoms with Gasteiger partial charge in [-0.1, -0.05) is 0 Å². The minimum absolute atomic E-state index is 0.0619. The molecule has 2 aromatic rings. The van der Waals surface area contributed by atoms with Gasteiger partial charge in [-0.05, 0) is 24.3 Å². The Morgan fingerprint density at radius 3 is 2.73 bits per heavy atom. The lowest BCUT2D eigenvalue weighted by molar-refractivity contribution is -0.139. The summed E-state index contributed by atoms with van der Waals surface area (Å²) in [6.07, 6.45) is 3.33. The fourth-order valence-corrected chi connectivity index (χ4v) is 2.75. The van der Waals surface area contributed by atoms with Crippen LogP contribution in [0.15, 0.2) is 36.7 Å². The second-order valence-electron chi connectivity index (χ2n) is 6.10. The van der Waals surface area contributed by atoms with Crippen LogP contribution < -0.4 is 4.74 Å². The normalized spacial score (nSPS) is 15.1. The van der Waals surface area contributed by atoms with Gasteiger partial charge in [0.1, 0.15) is 5.75 Å². The molecule has 2 heterocycles. The zero-order valence-electron chi connectivity index (χ0n) is 14.5. The number of nitrogens with zero attached hydrogens (tertiary/aromatic N) is 4. The minimum atomic E-state index is -1.04. The Bertz CT molecular complexity index is 797. The molecule has 0 unspecified atom stereocenters. The third-order valence-corrected chi connectivity index (χ3v) is 4.17. The molecule has 136 valence electrons. The molecule has 0 saturated carbocycles. The van der Waals surface area contributed by atoms with E-state index in [1.807, 2.05) is 11.0 Å². The largest absolute Gasteiger partial charge is 0.482 e. The van der Waals surface area contributed by atoms with E-state index in [1.54, 1.807) is 42.5 Å². The molecule has 1 saturated heterocycles. The molecule has 0 atom stereocenters. The molecule has 0 spiro atoms. The molecule has 1 aromatic carbocycles. The molecule has 1 aliphatic heterocycles. The Balaban J connectivity index is 1.85. The highest BCUT2D eigenvalue weighted by atomic mass is 16.5. The van der Waals surface area contributed by atoms with Gasteiger partial charge in [0.15, 0.2) is 12.4 Å². The molecule has 26 heavy (non-hydrogen) atoms. The van der Waals surface area contributed by atoms with Crippen molar-refractivity contribution in [2.75, 3.05) is 33.3 Å². The van der Waals surface area contributed by atoms with Crippen LogP contribution in [0.25, 0.3) is 11.4 Å². The molecule has 0 bridgehead atoms. The third kappa shape index (κ3) is 4.34. The Hall–Kier alpha value is -3.00. The average molecular weight is 356 g/mol. The summed E-state index contributed by atoms with van der Waals surface area (Å²) >= 11 is 0. The lowest BCUT2D eigenvalue weighted by atomic mass is 10.1. The second kappa shape index (κ2) is 7.92. The number of aromatic nitrogens is 2. The Morgan fingerprint density at radius 2 is 2.04 bits per heavy atom. The van der Waals surface area contributed by atoms with Crippen LogP contribution in [0.5, 0.6) is 5.75 Å². The first-order valence-electron chi connectivity index (χ1n) is 8.24. The average Bonchev–Trinajstić information content (AvgIpc) is 2.64. The summed E-state index contributed by atoms with van der Waals surface area (Å²) in [5.74, 6) is 0.0828. The summed E-state index contributed by atoms with van der Waals surface area (Å²) in [5.41, 5.74) is 1.61. The van der Waals surface area contributed by atoms with Crippen LogP contribution in [0.3, 0.4) is 0 Å². The lowest BCUT2D eigenvalue weighted by Gasteiger charge is -2.32. The van der Waals surface area contributed by atoms with Gasteiger partial charge in [0, 0.05) is 50.2 Å². The van der Waals surface area contributed by atoms with E-state index in [2.05, 4.69) is 9.97 Å². The van der Waals surface area contributed by atoms with Crippen LogP contribution >= 0.6 is 0 Å². The molecule has 1 N–H and O–H groups in total. The summed E-state index contributed by atoms with van der Waals surface area (Å²) < 4.78 is 5.42. The Labute approximate surface area is 151 Å². The maximum atomic E-state index is 11.9. The van der Waals surface area contributed by atoms with Gasteiger partial charge in [0.2, 0.25) is 5.91 Å². The SMILES string of the molecule is CN1CCN(Cc2cc(-c3ncccn3)ccc2OCC(=O)O)CC1=O. The van der Waals surface area contributed by atoms with Gasteiger partial charge >= 0.3 is 5.97 Å². The summed E-state index contributed by atoms with van der Waals surface area (Å²) in [5, 5.41) is 8.88. The zero-order valence-corrected chi connectivity index (χ0v) is 14.5. The van der Waals surface area contributed by atoms with Crippen molar-refractivity contribution in [2.24, 2.45) is 0 Å². The van der Waals surface area contributed by atoms with Gasteiger partial charge < -0.3 is 14.7 Å². The van der Waals surface area contributed by atoms with E-state index in [4.69, 9.17) is 9.84 Å². The summed E-state index contributed by atoms with van der Waals surface area (Å²) in [6, 6.07) is 7.15. The summed E-state index contributed by atoms with van der Waals surface area (Å²) in [6.45, 7) is 1.78. The molecule has 0 radical (unpaired) electrons. The van der Waals surface area contributed by atoms with Crippen LogP contribution in [0.4, 0.5) is 0 Å². The maximum Gasteiger partial charge on any atom is 0.341 e. The van der Waals surface area contributed by atoms with Crippen molar-refractivity contribution in [3.8, 4) is 17.1 Å². The van der Waals surface area contributed by atoms with Crippen molar-refractivity contribution in [3.05, 3.63) is 42.2 Å². The van der Waals surface area contributed by atoms with Crippen LogP contribution in [-0.2, 0) is 16.1 Å². The number of rotatable bonds is 6. The molecule has 1 fully saturated rings. The predicted octanol–water partition coefficient (Wildman–Crippen LogP) is 0.881. The first-order valence-corrected chi connectivity index (χ1v) is 8.24. The number of amides is 1.